The van der Waals surface area contributed by atoms with Crippen LogP contribution in [0.2, 0.25) is 0 Å². The predicted octanol–water partition coefficient (Wildman–Crippen LogP) is 3.97. The number of hydrogen-bond acceptors (Lipinski definition) is 4. The van der Waals surface area contributed by atoms with Crippen LogP contribution < -0.4 is 5.32 Å². The summed E-state index contributed by atoms with van der Waals surface area (Å²) in [7, 11) is 0. The van der Waals surface area contributed by atoms with Gasteiger partial charge in [0.25, 0.3) is 0 Å². The van der Waals surface area contributed by atoms with Gasteiger partial charge in [-0.3, -0.25) is 9.78 Å². The Morgan fingerprint density at radius 1 is 1.16 bits per heavy atom. The molecule has 126 valence electrons. The molecular weight excluding hydrogens is 330 g/mol. The van der Waals surface area contributed by atoms with E-state index in [1.54, 1.807) is 29.8 Å². The molecule has 0 aliphatic heterocycles. The SMILES string of the molecule is C/C(=C\C(=O)NCCc1csc(-c2ccncc2)n1)c1ccccc1. The zero-order valence-corrected chi connectivity index (χ0v) is 14.8. The van der Waals surface area contributed by atoms with Crippen LogP contribution in [0.4, 0.5) is 0 Å². The van der Waals surface area contributed by atoms with Gasteiger partial charge in [0, 0.05) is 42.4 Å². The van der Waals surface area contributed by atoms with Gasteiger partial charge >= 0.3 is 0 Å². The number of nitrogens with one attached hydrogen (secondary N) is 1. The van der Waals surface area contributed by atoms with Crippen molar-refractivity contribution in [3.05, 3.63) is 77.6 Å². The van der Waals surface area contributed by atoms with E-state index in [2.05, 4.69) is 15.3 Å². The lowest BCUT2D eigenvalue weighted by Gasteiger charge is -2.03. The second kappa shape index (κ2) is 8.35. The molecule has 2 aromatic heterocycles. The quantitative estimate of drug-likeness (QED) is 0.685. The van der Waals surface area contributed by atoms with Crippen LogP contribution >= 0.6 is 11.3 Å². The first-order valence-corrected chi connectivity index (χ1v) is 8.97. The normalized spacial score (nSPS) is 11.3. The van der Waals surface area contributed by atoms with E-state index in [1.807, 2.05) is 54.8 Å². The van der Waals surface area contributed by atoms with E-state index >= 15 is 0 Å². The zero-order chi connectivity index (χ0) is 17.5. The fourth-order valence-corrected chi connectivity index (χ4v) is 3.26. The molecule has 0 spiro atoms. The van der Waals surface area contributed by atoms with Crippen molar-refractivity contribution in [2.45, 2.75) is 13.3 Å². The first-order chi connectivity index (χ1) is 12.2. The molecule has 0 saturated heterocycles. The van der Waals surface area contributed by atoms with Crippen molar-refractivity contribution in [2.75, 3.05) is 6.54 Å². The van der Waals surface area contributed by atoms with Crippen LogP contribution in [0.3, 0.4) is 0 Å². The molecule has 3 aromatic rings. The molecule has 1 amide bonds. The Labute approximate surface area is 151 Å². The summed E-state index contributed by atoms with van der Waals surface area (Å²) < 4.78 is 0. The number of carbonyl (C=O) groups excluding carboxylic acids is 1. The number of hydrogen-bond donors (Lipinski definition) is 1. The molecule has 0 fully saturated rings. The number of nitrogens with zero attached hydrogens (tertiary/aromatic N) is 2. The standard InChI is InChI=1S/C20H19N3OS/c1-15(16-5-3-2-4-6-16)13-19(24)22-12-9-18-14-25-20(23-18)17-7-10-21-11-8-17/h2-8,10-11,13-14H,9,12H2,1H3,(H,22,24)/b15-13+. The fourth-order valence-electron chi connectivity index (χ4n) is 2.39. The van der Waals surface area contributed by atoms with Gasteiger partial charge in [-0.05, 0) is 30.2 Å². The molecule has 4 nitrogen and oxygen atoms in total. The molecule has 0 aliphatic rings. The highest BCUT2D eigenvalue weighted by molar-refractivity contribution is 7.13. The molecular formula is C20H19N3OS. The van der Waals surface area contributed by atoms with Crippen LogP contribution in [0.25, 0.3) is 16.1 Å². The number of pyridine rings is 1. The van der Waals surface area contributed by atoms with E-state index < -0.39 is 0 Å². The summed E-state index contributed by atoms with van der Waals surface area (Å²) in [6, 6.07) is 13.8. The van der Waals surface area contributed by atoms with Gasteiger partial charge in [-0.2, -0.15) is 0 Å². The third-order valence-electron chi connectivity index (χ3n) is 3.74. The van der Waals surface area contributed by atoms with Crippen molar-refractivity contribution in [1.82, 2.24) is 15.3 Å². The summed E-state index contributed by atoms with van der Waals surface area (Å²) in [5.41, 5.74) is 4.06. The Morgan fingerprint density at radius 3 is 2.68 bits per heavy atom. The topological polar surface area (TPSA) is 54.9 Å². The van der Waals surface area contributed by atoms with E-state index in [0.29, 0.717) is 13.0 Å². The molecule has 0 aliphatic carbocycles. The summed E-state index contributed by atoms with van der Waals surface area (Å²) in [5, 5.41) is 5.93. The van der Waals surface area contributed by atoms with Crippen molar-refractivity contribution in [3.63, 3.8) is 0 Å². The average Bonchev–Trinajstić information content (AvgIpc) is 3.12. The molecule has 1 N–H and O–H groups in total. The number of amides is 1. The highest BCUT2D eigenvalue weighted by atomic mass is 32.1. The molecule has 0 saturated carbocycles. The summed E-state index contributed by atoms with van der Waals surface area (Å²) in [6.45, 7) is 2.51. The summed E-state index contributed by atoms with van der Waals surface area (Å²) >= 11 is 1.61. The molecule has 1 aromatic carbocycles. The maximum atomic E-state index is 12.0. The summed E-state index contributed by atoms with van der Waals surface area (Å²) in [6.07, 6.45) is 5.88. The average molecular weight is 349 g/mol. The van der Waals surface area contributed by atoms with E-state index in [9.17, 15) is 4.79 Å². The van der Waals surface area contributed by atoms with E-state index in [4.69, 9.17) is 0 Å². The molecule has 5 heteroatoms. The monoisotopic (exact) mass is 349 g/mol. The van der Waals surface area contributed by atoms with Gasteiger partial charge in [-0.25, -0.2) is 4.98 Å². The van der Waals surface area contributed by atoms with Crippen molar-refractivity contribution in [2.24, 2.45) is 0 Å². The Hall–Kier alpha value is -2.79. The van der Waals surface area contributed by atoms with Gasteiger partial charge in [0.15, 0.2) is 0 Å². The number of allylic oxidation sites excluding steroid dienone is 1. The van der Waals surface area contributed by atoms with Crippen LogP contribution in [0.5, 0.6) is 0 Å². The van der Waals surface area contributed by atoms with Crippen molar-refractivity contribution >= 4 is 22.8 Å². The van der Waals surface area contributed by atoms with E-state index in [1.165, 1.54) is 0 Å². The largest absolute Gasteiger partial charge is 0.352 e. The molecule has 0 radical (unpaired) electrons. The number of aromatic nitrogens is 2. The lowest BCUT2D eigenvalue weighted by atomic mass is 10.1. The first-order valence-electron chi connectivity index (χ1n) is 8.09. The van der Waals surface area contributed by atoms with Crippen LogP contribution in [-0.2, 0) is 11.2 Å². The molecule has 0 unspecified atom stereocenters. The van der Waals surface area contributed by atoms with Crippen LogP contribution in [0.15, 0.2) is 66.3 Å². The van der Waals surface area contributed by atoms with Gasteiger partial charge in [-0.1, -0.05) is 30.3 Å². The van der Waals surface area contributed by atoms with E-state index in [0.717, 1.165) is 27.4 Å². The maximum absolute atomic E-state index is 12.0. The maximum Gasteiger partial charge on any atom is 0.244 e. The third kappa shape index (κ3) is 4.84. The molecule has 0 bridgehead atoms. The Kier molecular flexibility index (Phi) is 5.69. The molecule has 3 rings (SSSR count). The molecule has 2 heterocycles. The lowest BCUT2D eigenvalue weighted by molar-refractivity contribution is -0.116. The Balaban J connectivity index is 1.51. The van der Waals surface area contributed by atoms with Crippen LogP contribution in [0.1, 0.15) is 18.2 Å². The Bertz CT molecular complexity index is 857. The zero-order valence-electron chi connectivity index (χ0n) is 14.0. The predicted molar refractivity (Wildman–Crippen MR) is 102 cm³/mol. The van der Waals surface area contributed by atoms with E-state index in [-0.39, 0.29) is 5.91 Å². The lowest BCUT2D eigenvalue weighted by Crippen LogP contribution is -2.23. The van der Waals surface area contributed by atoms with Crippen molar-refractivity contribution < 1.29 is 4.79 Å². The molecule has 25 heavy (non-hydrogen) atoms. The highest BCUT2D eigenvalue weighted by Gasteiger charge is 2.05. The summed E-state index contributed by atoms with van der Waals surface area (Å²) in [4.78, 5) is 20.7. The number of thiazole rings is 1. The number of carbonyl (C=O) groups is 1. The minimum absolute atomic E-state index is 0.0778. The fraction of sp³-hybridized carbons (Fsp3) is 0.150. The van der Waals surface area contributed by atoms with Crippen LogP contribution in [0, 0.1) is 0 Å². The Morgan fingerprint density at radius 2 is 1.92 bits per heavy atom. The number of benzene rings is 1. The first kappa shape index (κ1) is 17.0. The highest BCUT2D eigenvalue weighted by Crippen LogP contribution is 2.22. The smallest absolute Gasteiger partial charge is 0.244 e. The van der Waals surface area contributed by atoms with Gasteiger partial charge in [0.2, 0.25) is 5.91 Å². The van der Waals surface area contributed by atoms with Gasteiger partial charge < -0.3 is 5.32 Å². The van der Waals surface area contributed by atoms with Gasteiger partial charge in [-0.15, -0.1) is 11.3 Å². The van der Waals surface area contributed by atoms with Crippen molar-refractivity contribution in [3.8, 4) is 10.6 Å². The van der Waals surface area contributed by atoms with Gasteiger partial charge in [0.05, 0.1) is 5.69 Å². The minimum atomic E-state index is -0.0778. The van der Waals surface area contributed by atoms with Crippen LogP contribution in [-0.4, -0.2) is 22.4 Å². The second-order valence-electron chi connectivity index (χ2n) is 5.61. The third-order valence-corrected chi connectivity index (χ3v) is 4.68. The molecule has 0 atom stereocenters. The second-order valence-corrected chi connectivity index (χ2v) is 6.47. The van der Waals surface area contributed by atoms with Crippen molar-refractivity contribution in [1.29, 1.82) is 0 Å². The number of rotatable bonds is 6. The van der Waals surface area contributed by atoms with Gasteiger partial charge in [0.1, 0.15) is 5.01 Å². The minimum Gasteiger partial charge on any atom is -0.352 e. The summed E-state index contributed by atoms with van der Waals surface area (Å²) in [5.74, 6) is -0.0778.